The molecular weight excluding hydrogens is 491 g/mol. The van der Waals surface area contributed by atoms with Crippen LogP contribution >= 0.6 is 22.6 Å². The molecule has 2 nitrogen and oxygen atoms in total. The Hall–Kier alpha value is 0.990. The first-order chi connectivity index (χ1) is 10.3. The van der Waals surface area contributed by atoms with Crippen molar-refractivity contribution in [1.82, 2.24) is 0 Å². The predicted octanol–water partition coefficient (Wildman–Crippen LogP) is 6.12. The molecule has 0 saturated heterocycles. The molecule has 0 atom stereocenters. The number of carbonyl (C=O) groups is 1. The van der Waals surface area contributed by atoms with E-state index in [0.29, 0.717) is 27.3 Å². The van der Waals surface area contributed by atoms with Crippen molar-refractivity contribution >= 4 is 49.5 Å². The van der Waals surface area contributed by atoms with Crippen LogP contribution in [0.4, 0.5) is 0 Å². The molecule has 0 radical (unpaired) electrons. The van der Waals surface area contributed by atoms with E-state index in [-0.39, 0.29) is 0 Å². The average Bonchev–Trinajstić information content (AvgIpc) is 2.46. The molecule has 0 aliphatic carbocycles. The van der Waals surface area contributed by atoms with E-state index in [2.05, 4.69) is 22.6 Å². The van der Waals surface area contributed by atoms with Gasteiger partial charge < -0.3 is 0 Å². The van der Waals surface area contributed by atoms with Gasteiger partial charge in [0.05, 0.1) is 0 Å². The summed E-state index contributed by atoms with van der Waals surface area (Å²) in [7, 11) is 0. The Bertz CT molecular complexity index is 225. The summed E-state index contributed by atoms with van der Waals surface area (Å²) in [6, 6.07) is 0. The number of carboxylic acid groups (broad SMARTS) is 1. The molecule has 4 heteroatoms. The Morgan fingerprint density at radius 3 is 1.62 bits per heavy atom. The molecule has 0 aliphatic heterocycles. The summed E-state index contributed by atoms with van der Waals surface area (Å²) < 4.78 is 4.40. The Morgan fingerprint density at radius 2 is 1.14 bits per heavy atom. The first-order valence-electron chi connectivity index (χ1n) is 8.63. The Labute approximate surface area is 155 Å². The van der Waals surface area contributed by atoms with Crippen LogP contribution in [0.2, 0.25) is 8.94 Å². The minimum absolute atomic E-state index is 0.309. The molecule has 0 amide bonds. The summed E-state index contributed by atoms with van der Waals surface area (Å²) in [5.74, 6) is -0.648. The molecule has 0 aliphatic rings. The van der Waals surface area contributed by atoms with Crippen molar-refractivity contribution in [2.45, 2.75) is 92.4 Å². The van der Waals surface area contributed by atoms with Crippen molar-refractivity contribution in [3.05, 3.63) is 0 Å². The van der Waals surface area contributed by atoms with Gasteiger partial charge in [-0.3, -0.25) is 0 Å². The monoisotopic (exact) mass is 526 g/mol. The second-order valence-corrected chi connectivity index (χ2v) is 10.3. The maximum atomic E-state index is 10.4. The third kappa shape index (κ3) is 21.0. The minimum atomic E-state index is -0.648. The molecule has 1 N–H and O–H groups in total. The van der Waals surface area contributed by atoms with Gasteiger partial charge in [-0.25, -0.2) is 0 Å². The summed E-state index contributed by atoms with van der Waals surface area (Å²) >= 11 is 2.78. The summed E-state index contributed by atoms with van der Waals surface area (Å²) in [6.07, 6.45) is 16.4. The zero-order valence-corrected chi connectivity index (χ0v) is 17.9. The molecule has 0 aromatic carbocycles. The SMILES string of the molecule is O=C(O)CCCCCCCC[Te]CCCCCCCCI. The normalized spacial score (nSPS) is 10.9. The van der Waals surface area contributed by atoms with Crippen LogP contribution in [0.3, 0.4) is 0 Å². The zero-order chi connectivity index (χ0) is 15.6. The molecule has 126 valence electrons. The van der Waals surface area contributed by atoms with Crippen molar-refractivity contribution in [2.75, 3.05) is 4.43 Å². The van der Waals surface area contributed by atoms with Gasteiger partial charge in [-0.15, -0.1) is 0 Å². The topological polar surface area (TPSA) is 37.3 Å². The number of alkyl halides is 1. The van der Waals surface area contributed by atoms with Gasteiger partial charge in [0.2, 0.25) is 0 Å². The van der Waals surface area contributed by atoms with E-state index in [4.69, 9.17) is 5.11 Å². The predicted molar refractivity (Wildman–Crippen MR) is 102 cm³/mol. The number of rotatable bonds is 17. The van der Waals surface area contributed by atoms with E-state index in [0.717, 1.165) is 12.8 Å². The summed E-state index contributed by atoms with van der Waals surface area (Å²) in [5.41, 5.74) is 0. The van der Waals surface area contributed by atoms with Gasteiger partial charge in [0.25, 0.3) is 0 Å². The van der Waals surface area contributed by atoms with Crippen molar-refractivity contribution in [3.8, 4) is 0 Å². The van der Waals surface area contributed by atoms with Crippen LogP contribution in [0.1, 0.15) is 83.5 Å². The molecule has 0 aromatic rings. The van der Waals surface area contributed by atoms with Crippen LogP contribution in [0, 0.1) is 0 Å². The fourth-order valence-corrected chi connectivity index (χ4v) is 5.75. The molecule has 0 fully saturated rings. The molecular formula is C17H33IO2Te. The van der Waals surface area contributed by atoms with E-state index in [1.165, 1.54) is 73.1 Å². The quantitative estimate of drug-likeness (QED) is 0.108. The van der Waals surface area contributed by atoms with Gasteiger partial charge in [0.1, 0.15) is 0 Å². The Kier molecular flexibility index (Phi) is 19.9. The van der Waals surface area contributed by atoms with Gasteiger partial charge in [-0.05, 0) is 0 Å². The van der Waals surface area contributed by atoms with Crippen LogP contribution in [0.5, 0.6) is 0 Å². The van der Waals surface area contributed by atoms with Gasteiger partial charge in [0.15, 0.2) is 0 Å². The van der Waals surface area contributed by atoms with E-state index in [9.17, 15) is 4.79 Å². The van der Waals surface area contributed by atoms with Crippen molar-refractivity contribution in [2.24, 2.45) is 0 Å². The number of aliphatic carboxylic acids is 1. The second kappa shape index (κ2) is 19.0. The average molecular weight is 524 g/mol. The van der Waals surface area contributed by atoms with Crippen molar-refractivity contribution in [3.63, 3.8) is 0 Å². The van der Waals surface area contributed by atoms with Crippen molar-refractivity contribution in [1.29, 1.82) is 0 Å². The number of halogens is 1. The number of carboxylic acids is 1. The molecule has 0 spiro atoms. The Balaban J connectivity index is 2.95. The van der Waals surface area contributed by atoms with Gasteiger partial charge in [-0.1, -0.05) is 0 Å². The van der Waals surface area contributed by atoms with Crippen molar-refractivity contribution < 1.29 is 9.90 Å². The maximum absolute atomic E-state index is 10.4. The van der Waals surface area contributed by atoms with Gasteiger partial charge in [-0.2, -0.15) is 0 Å². The van der Waals surface area contributed by atoms with E-state index in [1.807, 2.05) is 0 Å². The molecule has 21 heavy (non-hydrogen) atoms. The first-order valence-corrected chi connectivity index (χ1v) is 13.4. The summed E-state index contributed by atoms with van der Waals surface area (Å²) in [4.78, 5) is 10.4. The van der Waals surface area contributed by atoms with Crippen LogP contribution in [-0.2, 0) is 4.79 Å². The zero-order valence-electron chi connectivity index (χ0n) is 13.5. The van der Waals surface area contributed by atoms with Gasteiger partial charge >= 0.3 is 156 Å². The summed E-state index contributed by atoms with van der Waals surface area (Å²) in [6.45, 7) is 0. The fraction of sp³-hybridized carbons (Fsp3) is 0.941. The Morgan fingerprint density at radius 1 is 0.714 bits per heavy atom. The van der Waals surface area contributed by atoms with E-state index < -0.39 is 5.97 Å². The third-order valence-corrected chi connectivity index (χ3v) is 7.66. The van der Waals surface area contributed by atoms with Crippen LogP contribution in [0.15, 0.2) is 0 Å². The number of hydrogen-bond acceptors (Lipinski definition) is 1. The molecule has 0 bridgehead atoms. The fourth-order valence-electron chi connectivity index (χ4n) is 2.30. The van der Waals surface area contributed by atoms with E-state index >= 15 is 0 Å². The molecule has 0 aromatic heterocycles. The van der Waals surface area contributed by atoms with Crippen LogP contribution in [-0.4, -0.2) is 36.4 Å². The van der Waals surface area contributed by atoms with Crippen LogP contribution in [0.25, 0.3) is 0 Å². The van der Waals surface area contributed by atoms with Gasteiger partial charge in [0, 0.05) is 0 Å². The molecule has 0 saturated carbocycles. The third-order valence-electron chi connectivity index (χ3n) is 3.60. The number of hydrogen-bond donors (Lipinski definition) is 1. The second-order valence-electron chi connectivity index (χ2n) is 5.69. The first kappa shape index (κ1) is 22.0. The molecule has 0 unspecified atom stereocenters. The standard InChI is InChI=1S/C17H33IO2Te/c18-14-10-6-2-4-8-12-16-21-15-11-7-3-1-5-9-13-17(19)20/h1-16H2,(H,19,20). The van der Waals surface area contributed by atoms with Crippen LogP contribution < -0.4 is 0 Å². The summed E-state index contributed by atoms with van der Waals surface area (Å²) in [5, 5.41) is 8.53. The van der Waals surface area contributed by atoms with E-state index in [1.54, 1.807) is 4.47 Å². The number of unbranched alkanes of at least 4 members (excludes halogenated alkanes) is 10. The molecule has 0 heterocycles. The molecule has 0 rings (SSSR count).